The molecule has 0 aliphatic rings. The normalized spacial score (nSPS) is 12.1. The molecule has 0 N–H and O–H groups in total. The van der Waals surface area contributed by atoms with Gasteiger partial charge in [-0.05, 0) is 66.0 Å². The minimum absolute atomic E-state index is 0.807. The molecule has 0 aliphatic heterocycles. The van der Waals surface area contributed by atoms with Gasteiger partial charge < -0.3 is 18.2 Å². The van der Waals surface area contributed by atoms with Crippen LogP contribution >= 0.6 is 0 Å². The summed E-state index contributed by atoms with van der Waals surface area (Å²) in [5.74, 6) is 0. The van der Waals surface area contributed by atoms with Crippen molar-refractivity contribution in [3.8, 4) is 0 Å². The Labute approximate surface area is 250 Å². The largest absolute Gasteiger partial charge is 0.456 e. The summed E-state index contributed by atoms with van der Waals surface area (Å²) in [5.41, 5.74) is 8.17. The second kappa shape index (κ2) is 8.76. The first-order valence-corrected chi connectivity index (χ1v) is 14.8. The quantitative estimate of drug-likeness (QED) is 0.214. The number of anilines is 3. The molecular formula is C40H23NO3. The van der Waals surface area contributed by atoms with E-state index >= 15 is 0 Å². The topological polar surface area (TPSA) is 42.7 Å². The van der Waals surface area contributed by atoms with Crippen LogP contribution in [0.5, 0.6) is 0 Å². The van der Waals surface area contributed by atoms with Crippen molar-refractivity contribution in [1.82, 2.24) is 0 Å². The van der Waals surface area contributed by atoms with Gasteiger partial charge >= 0.3 is 0 Å². The summed E-state index contributed by atoms with van der Waals surface area (Å²) in [6.07, 6.45) is 0. The van der Waals surface area contributed by atoms with Gasteiger partial charge in [-0.15, -0.1) is 0 Å². The van der Waals surface area contributed by atoms with E-state index in [1.54, 1.807) is 0 Å². The fraction of sp³-hybridized carbons (Fsp3) is 0. The Morgan fingerprint density at radius 1 is 0.341 bits per heavy atom. The zero-order valence-electron chi connectivity index (χ0n) is 23.5. The molecule has 0 unspecified atom stereocenters. The Balaban J connectivity index is 1.19. The van der Waals surface area contributed by atoms with E-state index in [4.69, 9.17) is 13.3 Å². The number of fused-ring (bicyclic) bond motifs is 12. The number of hydrogen-bond donors (Lipinski definition) is 0. The molecule has 10 aromatic rings. The zero-order valence-corrected chi connectivity index (χ0v) is 23.5. The molecule has 10 rings (SSSR count). The van der Waals surface area contributed by atoms with Crippen molar-refractivity contribution in [3.63, 3.8) is 0 Å². The molecule has 0 atom stereocenters. The maximum Gasteiger partial charge on any atom is 0.147 e. The lowest BCUT2D eigenvalue weighted by atomic mass is 10.0. The summed E-state index contributed by atoms with van der Waals surface area (Å²) in [6, 6.07) is 48.3. The number of nitrogens with zero attached hydrogens (tertiary/aromatic N) is 1. The monoisotopic (exact) mass is 565 g/mol. The van der Waals surface area contributed by atoms with Crippen LogP contribution in [0, 0.1) is 0 Å². The lowest BCUT2D eigenvalue weighted by molar-refractivity contribution is 0.664. The van der Waals surface area contributed by atoms with E-state index in [0.29, 0.717) is 0 Å². The Morgan fingerprint density at radius 2 is 0.955 bits per heavy atom. The van der Waals surface area contributed by atoms with Gasteiger partial charge in [0.05, 0.1) is 5.39 Å². The van der Waals surface area contributed by atoms with Crippen LogP contribution in [-0.2, 0) is 0 Å². The lowest BCUT2D eigenvalue weighted by Crippen LogP contribution is -2.09. The van der Waals surface area contributed by atoms with Gasteiger partial charge in [0.15, 0.2) is 0 Å². The van der Waals surface area contributed by atoms with Crippen LogP contribution < -0.4 is 4.90 Å². The second-order valence-electron chi connectivity index (χ2n) is 11.3. The van der Waals surface area contributed by atoms with Gasteiger partial charge in [0.25, 0.3) is 0 Å². The molecule has 44 heavy (non-hydrogen) atoms. The molecule has 0 bridgehead atoms. The molecule has 0 amide bonds. The Hall–Kier alpha value is -6.00. The van der Waals surface area contributed by atoms with Crippen molar-refractivity contribution in [1.29, 1.82) is 0 Å². The van der Waals surface area contributed by atoms with Gasteiger partial charge in [0, 0.05) is 61.5 Å². The standard InChI is InChI=1S/C40H23NO3/c1-2-9-25(10-3-1)41(26-15-18-30-29-12-6-7-13-34(29)42-36(30)22-26)27-16-19-33-37(23-27)43-35-21-20-32-31-17-14-24-8-4-5-11-28(24)39(31)44-40(32)38(33)35/h1-23H. The SMILES string of the molecule is c1ccc(N(c2ccc3c(c2)oc2ccccc23)c2ccc3c(c2)oc2ccc4c5ccc6ccccc6c5oc4c23)cc1. The third-order valence-electron chi connectivity index (χ3n) is 8.84. The number of para-hydroxylation sites is 2. The molecule has 4 nitrogen and oxygen atoms in total. The highest BCUT2D eigenvalue weighted by Gasteiger charge is 2.20. The summed E-state index contributed by atoms with van der Waals surface area (Å²) in [5, 5.41) is 8.74. The third-order valence-corrected chi connectivity index (χ3v) is 8.84. The molecular weight excluding hydrogens is 542 g/mol. The first-order chi connectivity index (χ1) is 21.8. The van der Waals surface area contributed by atoms with E-state index in [-0.39, 0.29) is 0 Å². The Bertz CT molecular complexity index is 2730. The van der Waals surface area contributed by atoms with Crippen molar-refractivity contribution in [2.45, 2.75) is 0 Å². The van der Waals surface area contributed by atoms with Crippen LogP contribution in [0.2, 0.25) is 0 Å². The van der Waals surface area contributed by atoms with E-state index in [9.17, 15) is 0 Å². The van der Waals surface area contributed by atoms with Crippen molar-refractivity contribution in [2.24, 2.45) is 0 Å². The lowest BCUT2D eigenvalue weighted by Gasteiger charge is -2.25. The average Bonchev–Trinajstić information content (AvgIpc) is 3.76. The van der Waals surface area contributed by atoms with Crippen LogP contribution in [0.15, 0.2) is 153 Å². The highest BCUT2D eigenvalue weighted by Crippen LogP contribution is 2.44. The number of benzene rings is 7. The fourth-order valence-electron chi connectivity index (χ4n) is 6.83. The van der Waals surface area contributed by atoms with Crippen LogP contribution in [0.25, 0.3) is 76.6 Å². The molecule has 0 saturated carbocycles. The molecule has 4 heteroatoms. The number of furan rings is 3. The minimum atomic E-state index is 0.807. The maximum absolute atomic E-state index is 6.65. The predicted octanol–water partition coefficient (Wildman–Crippen LogP) is 12.0. The molecule has 0 spiro atoms. The van der Waals surface area contributed by atoms with Crippen LogP contribution in [-0.4, -0.2) is 0 Å². The molecule has 0 saturated heterocycles. The van der Waals surface area contributed by atoms with E-state index in [1.165, 1.54) is 5.39 Å². The number of rotatable bonds is 3. The summed E-state index contributed by atoms with van der Waals surface area (Å²) < 4.78 is 19.4. The first-order valence-electron chi connectivity index (χ1n) is 14.8. The third kappa shape index (κ3) is 3.28. The van der Waals surface area contributed by atoms with Crippen molar-refractivity contribution in [2.75, 3.05) is 4.90 Å². The Kier molecular flexibility index (Phi) is 4.69. The van der Waals surface area contributed by atoms with Gasteiger partial charge in [-0.25, -0.2) is 0 Å². The smallest absolute Gasteiger partial charge is 0.147 e. The summed E-state index contributed by atoms with van der Waals surface area (Å²) in [4.78, 5) is 2.24. The maximum atomic E-state index is 6.65. The Morgan fingerprint density at radius 3 is 1.82 bits per heavy atom. The molecule has 0 fully saturated rings. The summed E-state index contributed by atoms with van der Waals surface area (Å²) in [7, 11) is 0. The van der Waals surface area contributed by atoms with Gasteiger partial charge in [-0.3, -0.25) is 0 Å². The molecule has 0 radical (unpaired) electrons. The van der Waals surface area contributed by atoms with Crippen molar-refractivity contribution >= 4 is 93.7 Å². The highest BCUT2D eigenvalue weighted by molar-refractivity contribution is 6.24. The van der Waals surface area contributed by atoms with E-state index < -0.39 is 0 Å². The first kappa shape index (κ1) is 23.6. The van der Waals surface area contributed by atoms with Crippen LogP contribution in [0.3, 0.4) is 0 Å². The van der Waals surface area contributed by atoms with Gasteiger partial charge in [0.1, 0.15) is 33.5 Å². The van der Waals surface area contributed by atoms with Gasteiger partial charge in [-0.2, -0.15) is 0 Å². The highest BCUT2D eigenvalue weighted by atomic mass is 16.3. The van der Waals surface area contributed by atoms with E-state index in [2.05, 4.69) is 120 Å². The molecule has 0 aliphatic carbocycles. The minimum Gasteiger partial charge on any atom is -0.456 e. The van der Waals surface area contributed by atoms with Crippen LogP contribution in [0.1, 0.15) is 0 Å². The van der Waals surface area contributed by atoms with Crippen molar-refractivity contribution in [3.05, 3.63) is 140 Å². The van der Waals surface area contributed by atoms with E-state index in [0.717, 1.165) is 88.3 Å². The van der Waals surface area contributed by atoms with Crippen LogP contribution in [0.4, 0.5) is 17.1 Å². The van der Waals surface area contributed by atoms with Gasteiger partial charge in [0.2, 0.25) is 0 Å². The number of hydrogen-bond acceptors (Lipinski definition) is 4. The van der Waals surface area contributed by atoms with E-state index in [1.807, 2.05) is 24.3 Å². The fourth-order valence-corrected chi connectivity index (χ4v) is 6.83. The molecule has 7 aromatic carbocycles. The predicted molar refractivity (Wildman–Crippen MR) is 180 cm³/mol. The van der Waals surface area contributed by atoms with Crippen molar-refractivity contribution < 1.29 is 13.3 Å². The average molecular weight is 566 g/mol. The zero-order chi connectivity index (χ0) is 28.8. The molecule has 206 valence electrons. The summed E-state index contributed by atoms with van der Waals surface area (Å²) in [6.45, 7) is 0. The summed E-state index contributed by atoms with van der Waals surface area (Å²) >= 11 is 0. The molecule has 3 heterocycles. The second-order valence-corrected chi connectivity index (χ2v) is 11.3. The van der Waals surface area contributed by atoms with Gasteiger partial charge in [-0.1, -0.05) is 66.7 Å². The molecule has 3 aromatic heterocycles.